The number of nitrogens with two attached hydrogens (primary N) is 1. The summed E-state index contributed by atoms with van der Waals surface area (Å²) in [6.07, 6.45) is 3.46. The Morgan fingerprint density at radius 2 is 2.08 bits per heavy atom. The molecule has 1 aliphatic rings. The molecule has 3 N–H and O–H groups in total. The average Bonchev–Trinajstić information content (AvgIpc) is 2.68. The van der Waals surface area contributed by atoms with E-state index in [9.17, 15) is 4.79 Å². The molecule has 1 aromatic carbocycles. The van der Waals surface area contributed by atoms with Crippen molar-refractivity contribution in [3.8, 4) is 5.75 Å². The molecule has 138 valence electrons. The molecule has 0 fully saturated rings. The van der Waals surface area contributed by atoms with Crippen molar-refractivity contribution in [3.05, 3.63) is 53.2 Å². The maximum absolute atomic E-state index is 11.4. The minimum atomic E-state index is -0.643. The summed E-state index contributed by atoms with van der Waals surface area (Å²) in [7, 11) is 1.34. The Balaban J connectivity index is 1.48. The Kier molecular flexibility index (Phi) is 6.07. The molecule has 0 bridgehead atoms. The van der Waals surface area contributed by atoms with Gasteiger partial charge in [-0.3, -0.25) is 4.79 Å². The lowest BCUT2D eigenvalue weighted by atomic mass is 10.1. The highest BCUT2D eigenvalue weighted by Crippen LogP contribution is 2.20. The molecule has 6 nitrogen and oxygen atoms in total. The van der Waals surface area contributed by atoms with Crippen molar-refractivity contribution in [2.45, 2.75) is 31.7 Å². The predicted octanol–water partition coefficient (Wildman–Crippen LogP) is 2.10. The molecule has 1 unspecified atom stereocenters. The third-order valence-corrected chi connectivity index (χ3v) is 4.46. The van der Waals surface area contributed by atoms with Gasteiger partial charge in [0.25, 0.3) is 0 Å². The normalized spacial score (nSPS) is 14.1. The first-order valence-corrected chi connectivity index (χ1v) is 8.93. The van der Waals surface area contributed by atoms with Crippen LogP contribution < -0.4 is 15.8 Å². The first-order valence-electron chi connectivity index (χ1n) is 8.93. The summed E-state index contributed by atoms with van der Waals surface area (Å²) < 4.78 is 10.4. The zero-order valence-electron chi connectivity index (χ0n) is 15.0. The molecule has 2 aromatic rings. The molecule has 2 heterocycles. The third-order valence-electron chi connectivity index (χ3n) is 4.46. The summed E-state index contributed by atoms with van der Waals surface area (Å²) in [5.41, 5.74) is 9.06. The monoisotopic (exact) mass is 355 g/mol. The van der Waals surface area contributed by atoms with Crippen LogP contribution in [0.15, 0.2) is 36.4 Å². The SMILES string of the molecule is COC(=O)C(N)Cc1ccc(OCCc2ccc3c(n2)NCCC3)cc1. The quantitative estimate of drug-likeness (QED) is 0.740. The average molecular weight is 355 g/mol. The second-order valence-electron chi connectivity index (χ2n) is 6.42. The number of esters is 1. The zero-order chi connectivity index (χ0) is 18.4. The van der Waals surface area contributed by atoms with E-state index >= 15 is 0 Å². The maximum Gasteiger partial charge on any atom is 0.322 e. The van der Waals surface area contributed by atoms with E-state index in [1.807, 2.05) is 24.3 Å². The van der Waals surface area contributed by atoms with Gasteiger partial charge >= 0.3 is 5.97 Å². The number of carbonyl (C=O) groups excluding carboxylic acids is 1. The van der Waals surface area contributed by atoms with Crippen LogP contribution in [-0.4, -0.2) is 37.3 Å². The number of carbonyl (C=O) groups is 1. The molecule has 0 radical (unpaired) electrons. The highest BCUT2D eigenvalue weighted by atomic mass is 16.5. The molecule has 0 saturated carbocycles. The van der Waals surface area contributed by atoms with Crippen LogP contribution >= 0.6 is 0 Å². The Morgan fingerprint density at radius 1 is 1.27 bits per heavy atom. The van der Waals surface area contributed by atoms with Crippen LogP contribution in [0, 0.1) is 0 Å². The van der Waals surface area contributed by atoms with Gasteiger partial charge in [-0.05, 0) is 48.6 Å². The van der Waals surface area contributed by atoms with Gasteiger partial charge in [-0.2, -0.15) is 0 Å². The molecule has 26 heavy (non-hydrogen) atoms. The molecule has 0 aliphatic carbocycles. The van der Waals surface area contributed by atoms with Gasteiger partial charge in [-0.1, -0.05) is 18.2 Å². The van der Waals surface area contributed by atoms with Crippen molar-refractivity contribution < 1.29 is 14.3 Å². The summed E-state index contributed by atoms with van der Waals surface area (Å²) in [5.74, 6) is 1.40. The first kappa shape index (κ1) is 18.2. The highest BCUT2D eigenvalue weighted by molar-refractivity contribution is 5.75. The van der Waals surface area contributed by atoms with E-state index < -0.39 is 12.0 Å². The zero-order valence-corrected chi connectivity index (χ0v) is 15.0. The summed E-state index contributed by atoms with van der Waals surface area (Å²) >= 11 is 0. The lowest BCUT2D eigenvalue weighted by Gasteiger charge is -2.17. The van der Waals surface area contributed by atoms with E-state index in [0.717, 1.165) is 48.6 Å². The minimum absolute atomic E-state index is 0.405. The summed E-state index contributed by atoms with van der Waals surface area (Å²) in [6.45, 7) is 1.55. The number of benzene rings is 1. The van der Waals surface area contributed by atoms with E-state index in [1.165, 1.54) is 12.7 Å². The van der Waals surface area contributed by atoms with Gasteiger partial charge in [0.05, 0.1) is 13.7 Å². The number of aromatic nitrogens is 1. The molecule has 1 aromatic heterocycles. The van der Waals surface area contributed by atoms with Crippen LogP contribution in [0.3, 0.4) is 0 Å². The fraction of sp³-hybridized carbons (Fsp3) is 0.400. The number of hydrogen-bond donors (Lipinski definition) is 2. The number of hydrogen-bond acceptors (Lipinski definition) is 6. The molecule has 1 aliphatic heterocycles. The highest BCUT2D eigenvalue weighted by Gasteiger charge is 2.14. The van der Waals surface area contributed by atoms with E-state index in [1.54, 1.807) is 0 Å². The van der Waals surface area contributed by atoms with Gasteiger partial charge < -0.3 is 20.5 Å². The van der Waals surface area contributed by atoms with Crippen molar-refractivity contribution in [2.75, 3.05) is 25.6 Å². The number of anilines is 1. The van der Waals surface area contributed by atoms with Gasteiger partial charge in [-0.25, -0.2) is 4.98 Å². The molecule has 0 amide bonds. The standard InChI is InChI=1S/C20H25N3O3/c1-25-20(24)18(21)13-14-4-8-17(9-5-14)26-12-10-16-7-6-15-3-2-11-22-19(15)23-16/h4-9,18H,2-3,10-13,21H2,1H3,(H,22,23). The minimum Gasteiger partial charge on any atom is -0.493 e. The number of nitrogens with one attached hydrogen (secondary N) is 1. The van der Waals surface area contributed by atoms with Gasteiger partial charge in [0.15, 0.2) is 0 Å². The molecule has 0 saturated heterocycles. The van der Waals surface area contributed by atoms with Crippen molar-refractivity contribution in [1.29, 1.82) is 0 Å². The van der Waals surface area contributed by atoms with Gasteiger partial charge in [-0.15, -0.1) is 0 Å². The first-order chi connectivity index (χ1) is 12.7. The van der Waals surface area contributed by atoms with Crippen LogP contribution in [0.5, 0.6) is 5.75 Å². The lowest BCUT2D eigenvalue weighted by Crippen LogP contribution is -2.33. The number of nitrogens with zero attached hydrogens (tertiary/aromatic N) is 1. The van der Waals surface area contributed by atoms with E-state index in [0.29, 0.717) is 13.0 Å². The number of aryl methyl sites for hydroxylation is 1. The van der Waals surface area contributed by atoms with E-state index in [2.05, 4.69) is 27.2 Å². The van der Waals surface area contributed by atoms with Crippen molar-refractivity contribution >= 4 is 11.8 Å². The van der Waals surface area contributed by atoms with Crippen LogP contribution in [-0.2, 0) is 28.8 Å². The number of pyridine rings is 1. The Bertz CT molecular complexity index is 746. The number of fused-ring (bicyclic) bond motifs is 1. The Labute approximate surface area is 153 Å². The van der Waals surface area contributed by atoms with Gasteiger partial charge in [0, 0.05) is 18.7 Å². The number of ether oxygens (including phenoxy) is 2. The predicted molar refractivity (Wildman–Crippen MR) is 100 cm³/mol. The Morgan fingerprint density at radius 3 is 2.85 bits per heavy atom. The number of rotatable bonds is 7. The van der Waals surface area contributed by atoms with Gasteiger partial charge in [0.2, 0.25) is 0 Å². The molecule has 3 rings (SSSR count). The van der Waals surface area contributed by atoms with Crippen LogP contribution in [0.25, 0.3) is 0 Å². The molecule has 6 heteroatoms. The summed E-state index contributed by atoms with van der Waals surface area (Å²) in [4.78, 5) is 16.0. The van der Waals surface area contributed by atoms with Crippen molar-refractivity contribution in [1.82, 2.24) is 4.98 Å². The smallest absolute Gasteiger partial charge is 0.322 e. The second kappa shape index (κ2) is 8.67. The van der Waals surface area contributed by atoms with Crippen LogP contribution in [0.1, 0.15) is 23.2 Å². The molecule has 1 atom stereocenters. The second-order valence-corrected chi connectivity index (χ2v) is 6.42. The number of methoxy groups -OCH3 is 1. The summed E-state index contributed by atoms with van der Waals surface area (Å²) in [6, 6.07) is 11.2. The van der Waals surface area contributed by atoms with E-state index in [4.69, 9.17) is 10.5 Å². The van der Waals surface area contributed by atoms with Gasteiger partial charge in [0.1, 0.15) is 17.6 Å². The summed E-state index contributed by atoms with van der Waals surface area (Å²) in [5, 5.41) is 3.35. The van der Waals surface area contributed by atoms with Crippen molar-refractivity contribution in [3.63, 3.8) is 0 Å². The van der Waals surface area contributed by atoms with Crippen LogP contribution in [0.2, 0.25) is 0 Å². The Hall–Kier alpha value is -2.60. The fourth-order valence-corrected chi connectivity index (χ4v) is 2.99. The molecular formula is C20H25N3O3. The fourth-order valence-electron chi connectivity index (χ4n) is 2.99. The lowest BCUT2D eigenvalue weighted by molar-refractivity contribution is -0.142. The molecular weight excluding hydrogens is 330 g/mol. The van der Waals surface area contributed by atoms with Crippen molar-refractivity contribution in [2.24, 2.45) is 5.73 Å². The third kappa shape index (κ3) is 4.73. The van der Waals surface area contributed by atoms with E-state index in [-0.39, 0.29) is 0 Å². The molecule has 0 spiro atoms. The maximum atomic E-state index is 11.4. The topological polar surface area (TPSA) is 86.5 Å². The largest absolute Gasteiger partial charge is 0.493 e. The van der Waals surface area contributed by atoms with Crippen LogP contribution in [0.4, 0.5) is 5.82 Å².